The number of nitrogens with one attached hydrogen (secondary N) is 1. The Bertz CT molecular complexity index is 2200. The number of halogens is 1. The fraction of sp³-hybridized carbons (Fsp3) is 0.219. The molecule has 0 aromatic heterocycles. The molecule has 4 N–H and O–H groups in total. The zero-order chi connectivity index (χ0) is 30.1. The Balaban J connectivity index is 0.000000199. The fourth-order valence-electron chi connectivity index (χ4n) is 4.79. The standard InChI is InChI=1S/C17H17N3O4.C15H15N2S.ClH/c1-3-20(4-2)9-5-6-11-13(7-9)24-16-14(19-11)10(17(18)23)8-12(21)15(16)22;1-10-4-6-12-14(8-10)18-15-9-11(17(2)3)5-7-13(15)16-12;/h5-8,19H,3-4H2,1-2H3,(H2,18,23);4-9H,1-3H3;1H/q;+1;. The van der Waals surface area contributed by atoms with Gasteiger partial charge in [0.2, 0.25) is 16.2 Å². The van der Waals surface area contributed by atoms with Gasteiger partial charge in [0.05, 0.1) is 26.3 Å². The minimum Gasteiger partial charge on any atom is -1.00 e. The molecule has 6 rings (SSSR count). The number of benzene rings is 3. The monoisotopic (exact) mass is 618 g/mol. The summed E-state index contributed by atoms with van der Waals surface area (Å²) in [4.78, 5) is 46.7. The number of H-pyrrole nitrogens is 1. The number of amides is 1. The lowest BCUT2D eigenvalue weighted by Crippen LogP contribution is -3.00. The Morgan fingerprint density at radius 2 is 1.77 bits per heavy atom. The molecule has 2 aromatic carbocycles. The van der Waals surface area contributed by atoms with E-state index in [1.165, 1.54) is 20.5 Å². The van der Waals surface area contributed by atoms with E-state index in [1.807, 2.05) is 37.3 Å². The summed E-state index contributed by atoms with van der Waals surface area (Å²) in [5.74, 6) is -0.553. The van der Waals surface area contributed by atoms with Crippen molar-refractivity contribution in [2.24, 2.45) is 0 Å². The minimum absolute atomic E-state index is 0. The molecule has 2 aliphatic carbocycles. The van der Waals surface area contributed by atoms with Gasteiger partial charge in [-0.3, -0.25) is 15.3 Å². The second kappa shape index (κ2) is 12.9. The van der Waals surface area contributed by atoms with Gasteiger partial charge >= 0.3 is 5.91 Å². The van der Waals surface area contributed by atoms with Gasteiger partial charge in [-0.05, 0) is 56.7 Å². The van der Waals surface area contributed by atoms with Gasteiger partial charge in [0.25, 0.3) is 5.43 Å². The van der Waals surface area contributed by atoms with Crippen molar-refractivity contribution in [2.45, 2.75) is 20.8 Å². The summed E-state index contributed by atoms with van der Waals surface area (Å²) in [6.07, 6.45) is 0. The Labute approximate surface area is 257 Å². The molecule has 4 aliphatic rings. The number of hydrogen-bond donors (Lipinski definition) is 2. The first-order valence-electron chi connectivity index (χ1n) is 13.7. The average molecular weight is 619 g/mol. The summed E-state index contributed by atoms with van der Waals surface area (Å²) >= 11 is 1.81. The molecule has 0 saturated heterocycles. The van der Waals surface area contributed by atoms with Crippen molar-refractivity contribution >= 4 is 44.2 Å². The quantitative estimate of drug-likeness (QED) is 0.165. The van der Waals surface area contributed by atoms with Crippen LogP contribution in [-0.2, 0) is 0 Å². The van der Waals surface area contributed by atoms with Crippen LogP contribution in [-0.4, -0.2) is 43.1 Å². The first-order valence-corrected chi connectivity index (χ1v) is 14.5. The lowest BCUT2D eigenvalue weighted by Gasteiger charge is -2.20. The van der Waals surface area contributed by atoms with Gasteiger partial charge in [-0.15, -0.1) is 11.3 Å². The van der Waals surface area contributed by atoms with E-state index >= 15 is 0 Å². The highest BCUT2D eigenvalue weighted by Gasteiger charge is 2.16. The number of aryl methyl sites for hydroxylation is 1. The number of nitrogens with zero attached hydrogens (tertiary/aromatic N) is 3. The van der Waals surface area contributed by atoms with Gasteiger partial charge in [-0.25, -0.2) is 14.4 Å². The second-order valence-corrected chi connectivity index (χ2v) is 11.3. The highest BCUT2D eigenvalue weighted by atomic mass is 35.5. The first-order chi connectivity index (χ1) is 20.1. The molecule has 2 heterocycles. The van der Waals surface area contributed by atoms with Crippen LogP contribution in [0.25, 0.3) is 31.9 Å². The zero-order valence-electron chi connectivity index (χ0n) is 24.7. The molecule has 0 fully saturated rings. The zero-order valence-corrected chi connectivity index (χ0v) is 26.2. The van der Waals surface area contributed by atoms with Crippen LogP contribution >= 0.6 is 11.3 Å². The molecule has 11 heteroatoms. The predicted octanol–water partition coefficient (Wildman–Crippen LogP) is 0.180. The molecule has 1 amide bonds. The normalized spacial score (nSPS) is 10.8. The number of carbonyl (C=O) groups is 1. The first kappa shape index (κ1) is 31.6. The molecule has 0 saturated carbocycles. The molecule has 0 unspecified atom stereocenters. The van der Waals surface area contributed by atoms with E-state index in [0.29, 0.717) is 11.1 Å². The summed E-state index contributed by atoms with van der Waals surface area (Å²) < 4.78 is 9.04. The Kier molecular flexibility index (Phi) is 9.44. The molecule has 0 spiro atoms. The molecule has 2 aromatic rings. The Hall–Kier alpha value is -4.38. The van der Waals surface area contributed by atoms with Crippen LogP contribution in [0, 0.1) is 17.7 Å². The van der Waals surface area contributed by atoms with E-state index in [9.17, 15) is 14.4 Å². The summed E-state index contributed by atoms with van der Waals surface area (Å²) in [5.41, 5.74) is 7.10. The third-order valence-electron chi connectivity index (χ3n) is 7.10. The number of anilines is 1. The molecule has 222 valence electrons. The van der Waals surface area contributed by atoms with E-state index in [0.717, 1.165) is 36.1 Å². The molecular weight excluding hydrogens is 586 g/mol. The second-order valence-electron chi connectivity index (χ2n) is 10.2. The van der Waals surface area contributed by atoms with Crippen molar-refractivity contribution in [3.05, 3.63) is 108 Å². The molecule has 0 radical (unpaired) electrons. The maximum atomic E-state index is 12.1. The Morgan fingerprint density at radius 3 is 2.44 bits per heavy atom. The summed E-state index contributed by atoms with van der Waals surface area (Å²) in [7, 11) is 4.12. The van der Waals surface area contributed by atoms with Gasteiger partial charge in [0, 0.05) is 43.0 Å². The summed E-state index contributed by atoms with van der Waals surface area (Å²) in [6.45, 7) is 7.87. The Morgan fingerprint density at radius 1 is 1.02 bits per heavy atom. The van der Waals surface area contributed by atoms with E-state index in [2.05, 4.69) is 77.6 Å². The van der Waals surface area contributed by atoms with Crippen LogP contribution in [0.3, 0.4) is 0 Å². The van der Waals surface area contributed by atoms with Crippen molar-refractivity contribution in [3.63, 3.8) is 0 Å². The fourth-order valence-corrected chi connectivity index (χ4v) is 5.88. The number of carbonyl (C=O) groups excluding carboxylic acids is 1. The average Bonchev–Trinajstić information content (AvgIpc) is 2.97. The smallest absolute Gasteiger partial charge is 0.343 e. The molecule has 0 bridgehead atoms. The molecule has 0 atom stereocenters. The van der Waals surface area contributed by atoms with Crippen LogP contribution in [0.2, 0.25) is 0 Å². The predicted molar refractivity (Wildman–Crippen MR) is 167 cm³/mol. The molecule has 9 nitrogen and oxygen atoms in total. The topological polar surface area (TPSA) is 127 Å². The number of hydrogen-bond acceptors (Lipinski definition) is 7. The van der Waals surface area contributed by atoms with Crippen LogP contribution in [0.15, 0.2) is 74.7 Å². The SMILES string of the molecule is CCN(CC)c1ccc2[nH]c3c(C([NH3+])=O)cc(=O)c(=O)c=3oc2c1.Cc1ccc2nc3ccc(=[N+](C)C)cc-3sc2c1.[Cl-]. The van der Waals surface area contributed by atoms with Crippen LogP contribution < -0.4 is 43.8 Å². The van der Waals surface area contributed by atoms with E-state index in [1.54, 1.807) is 6.07 Å². The maximum Gasteiger partial charge on any atom is 0.343 e. The number of aromatic amines is 1. The number of quaternary nitrogens is 1. The number of rotatable bonds is 4. The van der Waals surface area contributed by atoms with Crippen LogP contribution in [0.1, 0.15) is 29.8 Å². The van der Waals surface area contributed by atoms with Gasteiger partial charge in [0.1, 0.15) is 25.0 Å². The lowest BCUT2D eigenvalue weighted by molar-refractivity contribution is -0.255. The number of aromatic nitrogens is 2. The van der Waals surface area contributed by atoms with Crippen molar-refractivity contribution in [2.75, 3.05) is 32.1 Å². The van der Waals surface area contributed by atoms with Gasteiger partial charge in [0.15, 0.2) is 5.58 Å². The maximum absolute atomic E-state index is 12.1. The van der Waals surface area contributed by atoms with Crippen molar-refractivity contribution in [1.29, 1.82) is 0 Å². The third kappa shape index (κ3) is 6.36. The van der Waals surface area contributed by atoms with Crippen LogP contribution in [0.4, 0.5) is 5.69 Å². The highest BCUT2D eigenvalue weighted by Crippen LogP contribution is 2.29. The summed E-state index contributed by atoms with van der Waals surface area (Å²) in [6, 6.07) is 19.4. The van der Waals surface area contributed by atoms with Gasteiger partial charge < -0.3 is 26.7 Å². The van der Waals surface area contributed by atoms with E-state index in [-0.39, 0.29) is 28.7 Å². The van der Waals surface area contributed by atoms with E-state index in [4.69, 9.17) is 9.40 Å². The molecule has 2 aliphatic heterocycles. The molecular formula is C32H33ClN5O4S+. The van der Waals surface area contributed by atoms with Gasteiger partial charge in [-0.2, -0.15) is 0 Å². The third-order valence-corrected chi connectivity index (χ3v) is 8.20. The molecule has 43 heavy (non-hydrogen) atoms. The number of fused-ring (bicyclic) bond motifs is 3. The van der Waals surface area contributed by atoms with Gasteiger partial charge in [-0.1, -0.05) is 6.07 Å². The minimum atomic E-state index is -0.786. The van der Waals surface area contributed by atoms with Crippen molar-refractivity contribution < 1.29 is 27.4 Å². The van der Waals surface area contributed by atoms with Crippen molar-refractivity contribution in [1.82, 2.24) is 14.5 Å². The highest BCUT2D eigenvalue weighted by molar-refractivity contribution is 7.21. The summed E-state index contributed by atoms with van der Waals surface area (Å²) in [5, 5.41) is 1.41. The van der Waals surface area contributed by atoms with Crippen molar-refractivity contribution in [3.8, 4) is 10.6 Å². The van der Waals surface area contributed by atoms with Crippen LogP contribution in [0.5, 0.6) is 0 Å². The largest absolute Gasteiger partial charge is 1.00 e. The van der Waals surface area contributed by atoms with E-state index < -0.39 is 16.8 Å². The lowest BCUT2D eigenvalue weighted by atomic mass is 10.2.